The maximum Gasteiger partial charge on any atom is 0.0339 e. The first-order valence-electron chi connectivity index (χ1n) is 7.61. The molecule has 2 heteroatoms. The van der Waals surface area contributed by atoms with E-state index in [1.165, 1.54) is 24.0 Å². The Morgan fingerprint density at radius 1 is 1.32 bits per heavy atom. The van der Waals surface area contributed by atoms with E-state index in [4.69, 9.17) is 0 Å². The number of benzene rings is 1. The topological polar surface area (TPSA) is 24.4 Å². The Hall–Kier alpha value is -2.35. The first-order valence-corrected chi connectivity index (χ1v) is 7.61. The van der Waals surface area contributed by atoms with Crippen LogP contribution in [0, 0.1) is 5.92 Å². The second-order valence-corrected chi connectivity index (χ2v) is 5.73. The summed E-state index contributed by atoms with van der Waals surface area (Å²) in [5.41, 5.74) is 3.49. The number of aliphatic imine (C=N–C) groups is 1. The second kappa shape index (κ2) is 7.60. The fourth-order valence-electron chi connectivity index (χ4n) is 2.37. The first kappa shape index (κ1) is 16.0. The molecule has 114 valence electrons. The van der Waals surface area contributed by atoms with Crippen molar-refractivity contribution < 1.29 is 0 Å². The van der Waals surface area contributed by atoms with E-state index in [1.54, 1.807) is 0 Å². The van der Waals surface area contributed by atoms with Crippen molar-refractivity contribution in [1.82, 2.24) is 5.32 Å². The highest BCUT2D eigenvalue weighted by atomic mass is 14.8. The van der Waals surface area contributed by atoms with Crippen LogP contribution in [0.4, 0.5) is 0 Å². The summed E-state index contributed by atoms with van der Waals surface area (Å²) in [5, 5.41) is 5.22. The van der Waals surface area contributed by atoms with Gasteiger partial charge in [0.1, 0.15) is 0 Å². The zero-order chi connectivity index (χ0) is 15.9. The van der Waals surface area contributed by atoms with Gasteiger partial charge in [0.05, 0.1) is 0 Å². The largest absolute Gasteiger partial charge is 0.394 e. The zero-order valence-electron chi connectivity index (χ0n) is 13.3. The lowest BCUT2D eigenvalue weighted by Crippen LogP contribution is -2.25. The van der Waals surface area contributed by atoms with Crippen molar-refractivity contribution in [3.05, 3.63) is 70.8 Å². The molecule has 1 aliphatic carbocycles. The molecule has 1 saturated carbocycles. The third-order valence-electron chi connectivity index (χ3n) is 3.74. The van der Waals surface area contributed by atoms with E-state index >= 15 is 0 Å². The molecule has 0 unspecified atom stereocenters. The smallest absolute Gasteiger partial charge is 0.0339 e. The summed E-state index contributed by atoms with van der Waals surface area (Å²) in [7, 11) is 1.88. The maximum absolute atomic E-state index is 4.17. The molecule has 1 fully saturated rings. The summed E-state index contributed by atoms with van der Waals surface area (Å²) in [5.74, 6) is 0.677. The molecule has 1 aliphatic rings. The molecule has 0 atom stereocenters. The van der Waals surface area contributed by atoms with Gasteiger partial charge in [0.15, 0.2) is 0 Å². The molecule has 1 N–H and O–H groups in total. The lowest BCUT2D eigenvalue weighted by molar-refractivity contribution is 1.08. The summed E-state index contributed by atoms with van der Waals surface area (Å²) in [6.45, 7) is 11.8. The molecule has 0 aliphatic heterocycles. The first-order chi connectivity index (χ1) is 10.6. The van der Waals surface area contributed by atoms with Gasteiger partial charge >= 0.3 is 0 Å². The average Bonchev–Trinajstić information content (AvgIpc) is 3.32. The van der Waals surface area contributed by atoms with Crippen LogP contribution in [0.25, 0.3) is 12.3 Å². The molecule has 0 amide bonds. The van der Waals surface area contributed by atoms with Crippen LogP contribution < -0.4 is 15.8 Å². The highest BCUT2D eigenvalue weighted by molar-refractivity contribution is 5.50. The maximum atomic E-state index is 4.17. The molecule has 0 spiro atoms. The third-order valence-corrected chi connectivity index (χ3v) is 3.74. The molecule has 0 saturated heterocycles. The Morgan fingerprint density at radius 3 is 2.73 bits per heavy atom. The minimum absolute atomic E-state index is 0.677. The predicted molar refractivity (Wildman–Crippen MR) is 97.1 cm³/mol. The molecule has 0 heterocycles. The van der Waals surface area contributed by atoms with Gasteiger partial charge in [-0.25, -0.2) is 0 Å². The summed E-state index contributed by atoms with van der Waals surface area (Å²) >= 11 is 0. The number of hydrogen-bond acceptors (Lipinski definition) is 2. The van der Waals surface area contributed by atoms with Crippen LogP contribution in [-0.2, 0) is 6.42 Å². The summed E-state index contributed by atoms with van der Waals surface area (Å²) in [6.07, 6.45) is 11.2. The van der Waals surface area contributed by atoms with Crippen LogP contribution in [0.15, 0.2) is 59.8 Å². The van der Waals surface area contributed by atoms with Crippen molar-refractivity contribution in [3.63, 3.8) is 0 Å². The van der Waals surface area contributed by atoms with Crippen LogP contribution in [0.5, 0.6) is 0 Å². The lowest BCUT2D eigenvalue weighted by atomic mass is 10.0. The van der Waals surface area contributed by atoms with Gasteiger partial charge in [-0.2, -0.15) is 0 Å². The van der Waals surface area contributed by atoms with Gasteiger partial charge in [0.25, 0.3) is 0 Å². The zero-order valence-corrected chi connectivity index (χ0v) is 13.3. The van der Waals surface area contributed by atoms with Gasteiger partial charge in [-0.05, 0) is 66.6 Å². The third kappa shape index (κ3) is 4.59. The van der Waals surface area contributed by atoms with E-state index < -0.39 is 0 Å². The van der Waals surface area contributed by atoms with Crippen LogP contribution in [0.2, 0.25) is 0 Å². The van der Waals surface area contributed by atoms with Crippen molar-refractivity contribution in [2.45, 2.75) is 19.3 Å². The summed E-state index contributed by atoms with van der Waals surface area (Å²) in [4.78, 5) is 3.93. The number of rotatable bonds is 7. The number of nitrogens with zero attached hydrogens (tertiary/aromatic N) is 1. The Bertz CT molecular complexity index is 719. The van der Waals surface area contributed by atoms with E-state index in [9.17, 15) is 0 Å². The quantitative estimate of drug-likeness (QED) is 0.606. The molecule has 2 nitrogen and oxygen atoms in total. The highest BCUT2D eigenvalue weighted by Gasteiger charge is 2.22. The van der Waals surface area contributed by atoms with Gasteiger partial charge in [-0.15, -0.1) is 0 Å². The van der Waals surface area contributed by atoms with E-state index in [1.807, 2.05) is 25.5 Å². The predicted octanol–water partition coefficient (Wildman–Crippen LogP) is 2.70. The summed E-state index contributed by atoms with van der Waals surface area (Å²) < 4.78 is 0. The molecular weight excluding hydrogens is 268 g/mol. The molecule has 2 rings (SSSR count). The SMILES string of the molecule is C=N/C=c1/cc(CC(=C)/C=C\NC)cc/c1=C/C(=C)C1CC1. The molecule has 22 heavy (non-hydrogen) atoms. The van der Waals surface area contributed by atoms with Crippen molar-refractivity contribution in [3.8, 4) is 0 Å². The summed E-state index contributed by atoms with van der Waals surface area (Å²) in [6, 6.07) is 6.43. The Kier molecular flexibility index (Phi) is 5.54. The van der Waals surface area contributed by atoms with Gasteiger partial charge < -0.3 is 5.32 Å². The van der Waals surface area contributed by atoms with Crippen LogP contribution in [0.1, 0.15) is 18.4 Å². The Labute approximate surface area is 133 Å². The van der Waals surface area contributed by atoms with Crippen LogP contribution in [0.3, 0.4) is 0 Å². The van der Waals surface area contributed by atoms with Gasteiger partial charge in [-0.3, -0.25) is 4.99 Å². The molecule has 0 radical (unpaired) electrons. The van der Waals surface area contributed by atoms with Gasteiger partial charge in [0, 0.05) is 18.5 Å². The fourth-order valence-corrected chi connectivity index (χ4v) is 2.37. The van der Waals surface area contributed by atoms with Crippen molar-refractivity contribution >= 4 is 19.0 Å². The number of hydrogen-bond donors (Lipinski definition) is 1. The standard InChI is InChI=1S/C20H24N2/c1-15(9-10-21-3)11-17-5-6-19(20(13-17)14-22-4)12-16(2)18-7-8-18/h5-6,9-10,12-14,18,21H,1-2,4,7-8,11H2,3H3/b10-9-,19-12-,20-14-. The monoisotopic (exact) mass is 292 g/mol. The fraction of sp³-hybridized carbons (Fsp3) is 0.250. The highest BCUT2D eigenvalue weighted by Crippen LogP contribution is 2.35. The second-order valence-electron chi connectivity index (χ2n) is 5.73. The minimum Gasteiger partial charge on any atom is -0.394 e. The number of nitrogens with one attached hydrogen (secondary N) is 1. The van der Waals surface area contributed by atoms with Crippen molar-refractivity contribution in [2.24, 2.45) is 10.9 Å². The normalized spacial score (nSPS) is 16.0. The molecule has 0 bridgehead atoms. The lowest BCUT2D eigenvalue weighted by Gasteiger charge is -2.03. The Morgan fingerprint density at radius 2 is 2.09 bits per heavy atom. The van der Waals surface area contributed by atoms with E-state index in [2.05, 4.69) is 54.5 Å². The van der Waals surface area contributed by atoms with Crippen molar-refractivity contribution in [2.75, 3.05) is 7.05 Å². The van der Waals surface area contributed by atoms with Gasteiger partial charge in [-0.1, -0.05) is 36.9 Å². The van der Waals surface area contributed by atoms with Gasteiger partial charge in [0.2, 0.25) is 0 Å². The molecule has 1 aromatic carbocycles. The van der Waals surface area contributed by atoms with E-state index in [-0.39, 0.29) is 0 Å². The van der Waals surface area contributed by atoms with E-state index in [0.717, 1.165) is 22.4 Å². The van der Waals surface area contributed by atoms with Crippen molar-refractivity contribution in [1.29, 1.82) is 0 Å². The number of allylic oxidation sites excluding steroid dienone is 3. The minimum atomic E-state index is 0.677. The molecule has 1 aromatic rings. The van der Waals surface area contributed by atoms with Crippen LogP contribution >= 0.6 is 0 Å². The average molecular weight is 292 g/mol. The molecular formula is C20H24N2. The van der Waals surface area contributed by atoms with E-state index in [0.29, 0.717) is 5.92 Å². The molecule has 0 aromatic heterocycles. The van der Waals surface area contributed by atoms with Crippen LogP contribution in [-0.4, -0.2) is 13.8 Å². The Balaban J connectivity index is 2.29.